The molecule has 2 rings (SSSR count). The Bertz CT molecular complexity index is 418. The number of rotatable bonds is 3. The van der Waals surface area contributed by atoms with Crippen LogP contribution in [0.5, 0.6) is 0 Å². The Morgan fingerprint density at radius 2 is 2.27 bits per heavy atom. The van der Waals surface area contributed by atoms with Crippen molar-refractivity contribution in [2.75, 3.05) is 0 Å². The van der Waals surface area contributed by atoms with Gasteiger partial charge in [-0.1, -0.05) is 13.0 Å². The molecule has 0 aliphatic carbocycles. The van der Waals surface area contributed by atoms with E-state index in [-0.39, 0.29) is 6.61 Å². The molecule has 15 heavy (non-hydrogen) atoms. The molecule has 0 unspecified atom stereocenters. The zero-order chi connectivity index (χ0) is 10.7. The standard InChI is InChI=1S/C11H12N2OS/c1-2-10-9(7-14)13-11(15-10)8-5-3-4-6-12-8/h3-6,14H,2,7H2,1H3. The highest BCUT2D eigenvalue weighted by atomic mass is 32.1. The van der Waals surface area contributed by atoms with E-state index in [9.17, 15) is 0 Å². The van der Waals surface area contributed by atoms with Gasteiger partial charge in [0.2, 0.25) is 0 Å². The number of hydrogen-bond donors (Lipinski definition) is 1. The molecule has 0 saturated heterocycles. The van der Waals surface area contributed by atoms with Crippen LogP contribution in [0.4, 0.5) is 0 Å². The minimum atomic E-state index is 0.00646. The molecule has 0 saturated carbocycles. The van der Waals surface area contributed by atoms with Crippen LogP contribution in [0, 0.1) is 0 Å². The van der Waals surface area contributed by atoms with Crippen molar-refractivity contribution in [1.29, 1.82) is 0 Å². The van der Waals surface area contributed by atoms with E-state index in [1.807, 2.05) is 18.2 Å². The van der Waals surface area contributed by atoms with Gasteiger partial charge in [0.1, 0.15) is 5.01 Å². The second kappa shape index (κ2) is 4.51. The van der Waals surface area contributed by atoms with Gasteiger partial charge in [-0.15, -0.1) is 11.3 Å². The predicted octanol–water partition coefficient (Wildman–Crippen LogP) is 2.26. The lowest BCUT2D eigenvalue weighted by molar-refractivity contribution is 0.276. The third-order valence-corrected chi connectivity index (χ3v) is 3.40. The molecular weight excluding hydrogens is 208 g/mol. The first kappa shape index (κ1) is 10.3. The third-order valence-electron chi connectivity index (χ3n) is 2.13. The predicted molar refractivity (Wildman–Crippen MR) is 60.6 cm³/mol. The zero-order valence-corrected chi connectivity index (χ0v) is 9.29. The van der Waals surface area contributed by atoms with Crippen molar-refractivity contribution in [3.05, 3.63) is 35.0 Å². The monoisotopic (exact) mass is 220 g/mol. The normalized spacial score (nSPS) is 10.5. The van der Waals surface area contributed by atoms with Crippen LogP contribution in [-0.4, -0.2) is 15.1 Å². The SMILES string of the molecule is CCc1sc(-c2ccccn2)nc1CO. The number of pyridine rings is 1. The number of aromatic nitrogens is 2. The molecule has 2 aromatic rings. The number of aliphatic hydroxyl groups is 1. The lowest BCUT2D eigenvalue weighted by atomic mass is 10.3. The van der Waals surface area contributed by atoms with Crippen LogP contribution in [-0.2, 0) is 13.0 Å². The quantitative estimate of drug-likeness (QED) is 0.863. The number of nitrogens with zero attached hydrogens (tertiary/aromatic N) is 2. The first-order valence-corrected chi connectivity index (χ1v) is 5.67. The molecule has 0 aliphatic rings. The number of thiazole rings is 1. The van der Waals surface area contributed by atoms with Crippen molar-refractivity contribution < 1.29 is 5.11 Å². The number of aliphatic hydroxyl groups excluding tert-OH is 1. The summed E-state index contributed by atoms with van der Waals surface area (Å²) in [6.45, 7) is 2.07. The summed E-state index contributed by atoms with van der Waals surface area (Å²) in [4.78, 5) is 9.75. The average molecular weight is 220 g/mol. The molecule has 1 N–H and O–H groups in total. The zero-order valence-electron chi connectivity index (χ0n) is 8.47. The Hall–Kier alpha value is -1.26. The molecule has 0 aliphatic heterocycles. The molecular formula is C11H12N2OS. The van der Waals surface area contributed by atoms with Crippen LogP contribution in [0.2, 0.25) is 0 Å². The average Bonchev–Trinajstić information content (AvgIpc) is 2.73. The summed E-state index contributed by atoms with van der Waals surface area (Å²) in [5.74, 6) is 0. The van der Waals surface area contributed by atoms with Crippen LogP contribution in [0.15, 0.2) is 24.4 Å². The van der Waals surface area contributed by atoms with Crippen LogP contribution >= 0.6 is 11.3 Å². The lowest BCUT2D eigenvalue weighted by Crippen LogP contribution is -1.88. The Morgan fingerprint density at radius 3 is 2.80 bits per heavy atom. The second-order valence-electron chi connectivity index (χ2n) is 3.12. The van der Waals surface area contributed by atoms with E-state index in [0.29, 0.717) is 0 Å². The molecule has 2 heterocycles. The second-order valence-corrected chi connectivity index (χ2v) is 4.20. The summed E-state index contributed by atoms with van der Waals surface area (Å²) in [7, 11) is 0. The van der Waals surface area contributed by atoms with Gasteiger partial charge in [-0.05, 0) is 18.6 Å². The maximum Gasteiger partial charge on any atom is 0.142 e. The summed E-state index contributed by atoms with van der Waals surface area (Å²) in [5.41, 5.74) is 1.65. The molecule has 0 bridgehead atoms. The third kappa shape index (κ3) is 2.06. The van der Waals surface area contributed by atoms with Crippen molar-refractivity contribution in [1.82, 2.24) is 9.97 Å². The highest BCUT2D eigenvalue weighted by molar-refractivity contribution is 7.15. The van der Waals surface area contributed by atoms with Gasteiger partial charge in [-0.3, -0.25) is 4.98 Å². The first-order chi connectivity index (χ1) is 7.35. The van der Waals surface area contributed by atoms with Crippen molar-refractivity contribution in [2.45, 2.75) is 20.0 Å². The molecule has 0 radical (unpaired) electrons. The van der Waals surface area contributed by atoms with Gasteiger partial charge in [0, 0.05) is 11.1 Å². The van der Waals surface area contributed by atoms with Crippen molar-refractivity contribution >= 4 is 11.3 Å². The fraction of sp³-hybridized carbons (Fsp3) is 0.273. The van der Waals surface area contributed by atoms with E-state index in [0.717, 1.165) is 27.7 Å². The lowest BCUT2D eigenvalue weighted by Gasteiger charge is -1.91. The van der Waals surface area contributed by atoms with Gasteiger partial charge in [0.05, 0.1) is 18.0 Å². The Morgan fingerprint density at radius 1 is 1.40 bits per heavy atom. The van der Waals surface area contributed by atoms with Crippen molar-refractivity contribution in [2.24, 2.45) is 0 Å². The minimum absolute atomic E-state index is 0.00646. The molecule has 0 amide bonds. The summed E-state index contributed by atoms with van der Waals surface area (Å²) in [5, 5.41) is 10.0. The molecule has 2 aromatic heterocycles. The van der Waals surface area contributed by atoms with E-state index >= 15 is 0 Å². The van der Waals surface area contributed by atoms with E-state index in [2.05, 4.69) is 16.9 Å². The van der Waals surface area contributed by atoms with Crippen LogP contribution in [0.1, 0.15) is 17.5 Å². The van der Waals surface area contributed by atoms with Crippen molar-refractivity contribution in [3.8, 4) is 10.7 Å². The fourth-order valence-electron chi connectivity index (χ4n) is 1.38. The first-order valence-electron chi connectivity index (χ1n) is 4.86. The van der Waals surface area contributed by atoms with Gasteiger partial charge in [0.25, 0.3) is 0 Å². The topological polar surface area (TPSA) is 46.0 Å². The fourth-order valence-corrected chi connectivity index (χ4v) is 2.37. The van der Waals surface area contributed by atoms with Crippen LogP contribution < -0.4 is 0 Å². The van der Waals surface area contributed by atoms with E-state index < -0.39 is 0 Å². The van der Waals surface area contributed by atoms with Gasteiger partial charge >= 0.3 is 0 Å². The molecule has 0 atom stereocenters. The largest absolute Gasteiger partial charge is 0.390 e. The minimum Gasteiger partial charge on any atom is -0.390 e. The van der Waals surface area contributed by atoms with Gasteiger partial charge < -0.3 is 5.11 Å². The maximum atomic E-state index is 9.13. The van der Waals surface area contributed by atoms with E-state index in [4.69, 9.17) is 5.11 Å². The maximum absolute atomic E-state index is 9.13. The highest BCUT2D eigenvalue weighted by Crippen LogP contribution is 2.26. The molecule has 0 fully saturated rings. The van der Waals surface area contributed by atoms with Crippen molar-refractivity contribution in [3.63, 3.8) is 0 Å². The number of hydrogen-bond acceptors (Lipinski definition) is 4. The Kier molecular flexibility index (Phi) is 3.08. The summed E-state index contributed by atoms with van der Waals surface area (Å²) in [6.07, 6.45) is 2.65. The molecule has 0 aromatic carbocycles. The molecule has 4 heteroatoms. The van der Waals surface area contributed by atoms with Gasteiger partial charge in [-0.2, -0.15) is 0 Å². The van der Waals surface area contributed by atoms with Gasteiger partial charge in [-0.25, -0.2) is 4.98 Å². The summed E-state index contributed by atoms with van der Waals surface area (Å²) >= 11 is 1.60. The van der Waals surface area contributed by atoms with Crippen LogP contribution in [0.25, 0.3) is 10.7 Å². The molecule has 3 nitrogen and oxygen atoms in total. The van der Waals surface area contributed by atoms with Crippen LogP contribution in [0.3, 0.4) is 0 Å². The Labute approximate surface area is 92.5 Å². The summed E-state index contributed by atoms with van der Waals surface area (Å²) in [6, 6.07) is 5.75. The highest BCUT2D eigenvalue weighted by Gasteiger charge is 2.10. The van der Waals surface area contributed by atoms with E-state index in [1.165, 1.54) is 0 Å². The summed E-state index contributed by atoms with van der Waals surface area (Å²) < 4.78 is 0. The van der Waals surface area contributed by atoms with E-state index in [1.54, 1.807) is 17.5 Å². The van der Waals surface area contributed by atoms with Gasteiger partial charge in [0.15, 0.2) is 0 Å². The molecule has 78 valence electrons. The molecule has 0 spiro atoms. The smallest absolute Gasteiger partial charge is 0.142 e. The number of aryl methyl sites for hydroxylation is 1. The Balaban J connectivity index is 2.42.